The van der Waals surface area contributed by atoms with Crippen molar-refractivity contribution in [3.05, 3.63) is 59.7 Å². The van der Waals surface area contributed by atoms with Crippen LogP contribution in [0.1, 0.15) is 73.6 Å². The first-order valence-corrected chi connectivity index (χ1v) is 17.6. The third kappa shape index (κ3) is 4.06. The van der Waals surface area contributed by atoms with Crippen molar-refractivity contribution < 1.29 is 43.5 Å². The molecule has 11 nitrogen and oxygen atoms in total. The van der Waals surface area contributed by atoms with E-state index in [-0.39, 0.29) is 53.6 Å². The maximum atomic E-state index is 14.3. The van der Waals surface area contributed by atoms with E-state index in [0.717, 1.165) is 0 Å². The predicted octanol–water partition coefficient (Wildman–Crippen LogP) is 3.81. The van der Waals surface area contributed by atoms with Gasteiger partial charge in [-0.15, -0.1) is 0 Å². The van der Waals surface area contributed by atoms with Gasteiger partial charge in [0.1, 0.15) is 22.6 Å². The van der Waals surface area contributed by atoms with Gasteiger partial charge in [-0.25, -0.2) is 4.79 Å². The van der Waals surface area contributed by atoms with Crippen molar-refractivity contribution in [3.8, 4) is 5.75 Å². The molecule has 2 aromatic carbocycles. The molecule has 6 fully saturated rings. The Morgan fingerprint density at radius 1 is 0.959 bits per heavy atom. The molecule has 264 valence electrons. The van der Waals surface area contributed by atoms with E-state index in [4.69, 9.17) is 23.7 Å². The van der Waals surface area contributed by atoms with Crippen molar-refractivity contribution in [3.63, 3.8) is 0 Å². The molecule has 1 spiro atoms. The summed E-state index contributed by atoms with van der Waals surface area (Å²) in [7, 11) is 4.99. The molecule has 3 saturated heterocycles. The van der Waals surface area contributed by atoms with Gasteiger partial charge in [-0.2, -0.15) is 0 Å². The molecule has 3 aliphatic heterocycles. The smallest absolute Gasteiger partial charge is 0.340 e. The van der Waals surface area contributed by atoms with Gasteiger partial charge in [0.25, 0.3) is 5.91 Å². The second-order valence-corrected chi connectivity index (χ2v) is 15.4. The maximum Gasteiger partial charge on any atom is 0.340 e. The van der Waals surface area contributed by atoms with Crippen molar-refractivity contribution in [1.29, 1.82) is 0 Å². The summed E-state index contributed by atoms with van der Waals surface area (Å²) >= 11 is 0. The highest BCUT2D eigenvalue weighted by molar-refractivity contribution is 6.08. The number of para-hydroxylation sites is 1. The minimum atomic E-state index is -1.51. The molecule has 13 atom stereocenters. The van der Waals surface area contributed by atoms with Gasteiger partial charge < -0.3 is 39.2 Å². The molecular formula is C38H48N2O9. The lowest BCUT2D eigenvalue weighted by molar-refractivity contribution is -0.314. The monoisotopic (exact) mass is 676 g/mol. The fraction of sp³-hybridized carbons (Fsp3) is 0.632. The Bertz CT molecular complexity index is 1650. The van der Waals surface area contributed by atoms with Gasteiger partial charge in [-0.05, 0) is 82.9 Å². The Labute approximate surface area is 287 Å². The number of carbonyl (C=O) groups is 2. The highest BCUT2D eigenvalue weighted by Crippen LogP contribution is 2.77. The maximum absolute atomic E-state index is 14.3. The molecule has 1 amide bonds. The molecule has 49 heavy (non-hydrogen) atoms. The predicted molar refractivity (Wildman–Crippen MR) is 178 cm³/mol. The van der Waals surface area contributed by atoms with Crippen LogP contribution in [-0.2, 0) is 18.9 Å². The Hall–Kier alpha value is -3.06. The number of hydrogen-bond acceptors (Lipinski definition) is 10. The van der Waals surface area contributed by atoms with Crippen molar-refractivity contribution in [2.75, 3.05) is 26.6 Å². The van der Waals surface area contributed by atoms with E-state index in [2.05, 4.69) is 17.1 Å². The molecule has 3 heterocycles. The number of carbonyl (C=O) groups excluding carboxylic acids is 2. The zero-order valence-corrected chi connectivity index (χ0v) is 29.0. The van der Waals surface area contributed by atoms with Crippen LogP contribution in [-0.4, -0.2) is 107 Å². The summed E-state index contributed by atoms with van der Waals surface area (Å²) in [6.45, 7) is 5.97. The van der Waals surface area contributed by atoms with Gasteiger partial charge in [0, 0.05) is 63.2 Å². The minimum absolute atomic E-state index is 0.0140. The first-order valence-electron chi connectivity index (χ1n) is 17.6. The van der Waals surface area contributed by atoms with Crippen LogP contribution < -0.4 is 10.1 Å². The molecule has 8 rings (SSSR count). The van der Waals surface area contributed by atoms with Gasteiger partial charge in [0.05, 0.1) is 41.2 Å². The van der Waals surface area contributed by atoms with Crippen LogP contribution in [0.5, 0.6) is 5.75 Å². The first kappa shape index (κ1) is 33.1. The number of nitrogens with one attached hydrogen (secondary N) is 1. The molecule has 7 bridgehead atoms. The number of amides is 1. The van der Waals surface area contributed by atoms with Crippen LogP contribution in [0, 0.1) is 17.8 Å². The summed E-state index contributed by atoms with van der Waals surface area (Å²) in [5.41, 5.74) is -3.50. The number of hydrogen-bond donors (Lipinski definition) is 3. The van der Waals surface area contributed by atoms with Crippen LogP contribution in [0.4, 0.5) is 5.69 Å². The number of methoxy groups -OCH3 is 3. The number of benzene rings is 2. The summed E-state index contributed by atoms with van der Waals surface area (Å²) in [6, 6.07) is 13.1. The minimum Gasteiger partial charge on any atom is -0.491 e. The largest absolute Gasteiger partial charge is 0.491 e. The molecule has 3 aliphatic carbocycles. The normalized spacial score (nSPS) is 43.8. The Balaban J connectivity index is 1.12. The van der Waals surface area contributed by atoms with Crippen LogP contribution >= 0.6 is 0 Å². The number of anilines is 1. The zero-order chi connectivity index (χ0) is 34.7. The third-order valence-corrected chi connectivity index (χ3v) is 13.5. The van der Waals surface area contributed by atoms with Gasteiger partial charge >= 0.3 is 5.97 Å². The van der Waals surface area contributed by atoms with E-state index in [1.54, 1.807) is 69.9 Å². The fourth-order valence-corrected chi connectivity index (χ4v) is 12.0. The molecule has 3 saturated carbocycles. The van der Waals surface area contributed by atoms with Crippen molar-refractivity contribution in [2.24, 2.45) is 17.8 Å². The Morgan fingerprint density at radius 3 is 2.37 bits per heavy atom. The number of esters is 1. The SMILES string of the molecule is CO[C@H]1C[C@]2(O)C3CC4C5(C6C[C@H]1[C@H](OC)[C@@]62O)[C@@H](OC)CC[C@@]4(OC(=O)c1ccccc1NC(=O)c1ccc(OC(C)C)cc1)[C@H](C)N35. The lowest BCUT2D eigenvalue weighted by Gasteiger charge is -2.64. The average Bonchev–Trinajstić information content (AvgIpc) is 3.61. The van der Waals surface area contributed by atoms with E-state index >= 15 is 0 Å². The number of piperidine rings is 2. The quantitative estimate of drug-likeness (QED) is 0.337. The lowest BCUT2D eigenvalue weighted by Crippen LogP contribution is -2.82. The summed E-state index contributed by atoms with van der Waals surface area (Å²) < 4.78 is 30.7. The third-order valence-electron chi connectivity index (χ3n) is 13.5. The second-order valence-electron chi connectivity index (χ2n) is 15.4. The second kappa shape index (κ2) is 11.2. The summed E-state index contributed by atoms with van der Waals surface area (Å²) in [6.07, 6.45) is 1.59. The molecule has 0 aromatic heterocycles. The van der Waals surface area contributed by atoms with E-state index < -0.39 is 40.5 Å². The summed E-state index contributed by atoms with van der Waals surface area (Å²) in [4.78, 5) is 30.0. The van der Waals surface area contributed by atoms with E-state index in [1.807, 2.05) is 13.8 Å². The van der Waals surface area contributed by atoms with Crippen LogP contribution in [0.2, 0.25) is 0 Å². The number of ether oxygens (including phenoxy) is 5. The lowest BCUT2D eigenvalue weighted by atomic mass is 9.56. The van der Waals surface area contributed by atoms with E-state index in [1.165, 1.54) is 0 Å². The van der Waals surface area contributed by atoms with Crippen molar-refractivity contribution in [1.82, 2.24) is 4.90 Å². The van der Waals surface area contributed by atoms with Crippen molar-refractivity contribution in [2.45, 2.75) is 112 Å². The molecular weight excluding hydrogens is 628 g/mol. The standard InChI is InChI=1S/C38H48N2O9/c1-20(2)48-23-13-11-22(12-14-23)33(41)39-26-10-8-7-9-24(26)34(42)49-35-16-15-31(46-5)37-28(35)18-30(40(37)21(35)3)36(43)19-27(45-4)25-17-29(37)38(36,44)32(25)47-6/h7-14,20-21,25,27-32,43-44H,15-19H2,1-6H3,(H,39,41)/t21-,25+,27-,28?,29?,30?,31-,32-,35+,36-,37?,38-/m0/s1. The van der Waals surface area contributed by atoms with Gasteiger partial charge in [0.2, 0.25) is 0 Å². The highest BCUT2D eigenvalue weighted by atomic mass is 16.6. The van der Waals surface area contributed by atoms with Crippen LogP contribution in [0.3, 0.4) is 0 Å². The number of nitrogens with zero attached hydrogens (tertiary/aromatic N) is 1. The Kier molecular flexibility index (Phi) is 7.58. The summed E-state index contributed by atoms with van der Waals surface area (Å²) in [5, 5.41) is 28.5. The van der Waals surface area contributed by atoms with Gasteiger partial charge in [-0.1, -0.05) is 12.1 Å². The molecule has 3 N–H and O–H groups in total. The van der Waals surface area contributed by atoms with Crippen molar-refractivity contribution >= 4 is 17.6 Å². The zero-order valence-electron chi connectivity index (χ0n) is 29.0. The average molecular weight is 677 g/mol. The van der Waals surface area contributed by atoms with E-state index in [0.29, 0.717) is 49.1 Å². The topological polar surface area (TPSA) is 136 Å². The number of fused-ring (bicyclic) bond motifs is 2. The molecule has 5 unspecified atom stereocenters. The van der Waals surface area contributed by atoms with Crippen LogP contribution in [0.25, 0.3) is 0 Å². The Morgan fingerprint density at radius 2 is 1.69 bits per heavy atom. The van der Waals surface area contributed by atoms with Crippen LogP contribution in [0.15, 0.2) is 48.5 Å². The number of aliphatic hydroxyl groups is 2. The fourth-order valence-electron chi connectivity index (χ4n) is 12.0. The molecule has 11 heteroatoms. The summed E-state index contributed by atoms with van der Waals surface area (Å²) in [5.74, 6) is -0.885. The van der Waals surface area contributed by atoms with Gasteiger partial charge in [0.15, 0.2) is 0 Å². The van der Waals surface area contributed by atoms with E-state index in [9.17, 15) is 19.8 Å². The molecule has 6 aliphatic rings. The highest BCUT2D eigenvalue weighted by Gasteiger charge is 2.91. The molecule has 2 aromatic rings. The first-order chi connectivity index (χ1) is 23.4. The van der Waals surface area contributed by atoms with Gasteiger partial charge in [-0.3, -0.25) is 9.69 Å². The molecule has 0 radical (unpaired) electrons. The number of rotatable bonds is 9.